The molecule has 0 fully saturated rings. The minimum Gasteiger partial charge on any atom is -0.507 e. The fourth-order valence-electron chi connectivity index (χ4n) is 1.77. The van der Waals surface area contributed by atoms with Crippen LogP contribution in [0.4, 0.5) is 0 Å². The first kappa shape index (κ1) is 15.3. The van der Waals surface area contributed by atoms with Gasteiger partial charge in [-0.25, -0.2) is 4.79 Å². The number of esters is 1. The summed E-state index contributed by atoms with van der Waals surface area (Å²) in [5, 5.41) is 9.59. The van der Waals surface area contributed by atoms with Crippen LogP contribution >= 0.6 is 15.9 Å². The van der Waals surface area contributed by atoms with E-state index in [-0.39, 0.29) is 17.1 Å². The first-order chi connectivity index (χ1) is 9.99. The Morgan fingerprint density at radius 2 is 1.71 bits per heavy atom. The van der Waals surface area contributed by atoms with Crippen LogP contribution in [-0.2, 0) is 4.74 Å². The Kier molecular flexibility index (Phi) is 4.75. The molecular weight excluding hydrogens is 336 g/mol. The Hall–Kier alpha value is -2.14. The number of hydrogen-bond acceptors (Lipinski definition) is 4. The zero-order valence-corrected chi connectivity index (χ0v) is 12.8. The van der Waals surface area contributed by atoms with Crippen LogP contribution in [0, 0.1) is 0 Å². The van der Waals surface area contributed by atoms with Crippen molar-refractivity contribution in [2.24, 2.45) is 0 Å². The summed E-state index contributed by atoms with van der Waals surface area (Å²) in [6.45, 7) is 1.50. The maximum absolute atomic E-state index is 12.2. The second kappa shape index (κ2) is 6.54. The van der Waals surface area contributed by atoms with Gasteiger partial charge in [-0.05, 0) is 31.2 Å². The highest BCUT2D eigenvalue weighted by Crippen LogP contribution is 2.18. The van der Waals surface area contributed by atoms with E-state index in [1.54, 1.807) is 36.4 Å². The molecule has 0 heterocycles. The van der Waals surface area contributed by atoms with Gasteiger partial charge in [0, 0.05) is 10.0 Å². The molecule has 0 saturated carbocycles. The van der Waals surface area contributed by atoms with E-state index in [0.717, 1.165) is 4.47 Å². The molecule has 0 amide bonds. The summed E-state index contributed by atoms with van der Waals surface area (Å²) in [4.78, 5) is 24.1. The number of phenolic OH excluding ortho intramolecular Hbond substituents is 1. The number of Topliss-reactive ketones (excluding diaryl/α,β-unsaturated/α-hetero) is 1. The summed E-state index contributed by atoms with van der Waals surface area (Å²) in [6.07, 6.45) is -0.932. The van der Waals surface area contributed by atoms with Gasteiger partial charge >= 0.3 is 5.97 Å². The van der Waals surface area contributed by atoms with Gasteiger partial charge in [0.05, 0.1) is 0 Å². The average molecular weight is 349 g/mol. The molecule has 5 heteroatoms. The van der Waals surface area contributed by atoms with E-state index >= 15 is 0 Å². The number of halogens is 1. The van der Waals surface area contributed by atoms with Gasteiger partial charge in [0.1, 0.15) is 11.3 Å². The van der Waals surface area contributed by atoms with Gasteiger partial charge in [0.15, 0.2) is 6.10 Å². The molecule has 0 spiro atoms. The lowest BCUT2D eigenvalue weighted by molar-refractivity contribution is 0.0316. The largest absolute Gasteiger partial charge is 0.507 e. The fourth-order valence-corrected chi connectivity index (χ4v) is 2.04. The lowest BCUT2D eigenvalue weighted by Gasteiger charge is -2.13. The average Bonchev–Trinajstić information content (AvgIpc) is 2.47. The molecule has 4 nitrogen and oxygen atoms in total. The Morgan fingerprint density at radius 3 is 2.33 bits per heavy atom. The van der Waals surface area contributed by atoms with Crippen LogP contribution < -0.4 is 0 Å². The molecule has 0 aliphatic carbocycles. The van der Waals surface area contributed by atoms with Crippen molar-refractivity contribution in [2.75, 3.05) is 0 Å². The van der Waals surface area contributed by atoms with Gasteiger partial charge in [-0.1, -0.05) is 40.2 Å². The van der Waals surface area contributed by atoms with E-state index in [1.165, 1.54) is 19.1 Å². The predicted octanol–water partition coefficient (Wildman–Crippen LogP) is 3.58. The van der Waals surface area contributed by atoms with Crippen molar-refractivity contribution in [3.63, 3.8) is 0 Å². The smallest absolute Gasteiger partial charge is 0.342 e. The van der Waals surface area contributed by atoms with Crippen LogP contribution in [-0.4, -0.2) is 23.0 Å². The first-order valence-corrected chi connectivity index (χ1v) is 7.07. The Bertz CT molecular complexity index is 664. The van der Waals surface area contributed by atoms with E-state index in [9.17, 15) is 14.7 Å². The monoisotopic (exact) mass is 348 g/mol. The summed E-state index contributed by atoms with van der Waals surface area (Å²) < 4.78 is 5.96. The molecule has 21 heavy (non-hydrogen) atoms. The minimum absolute atomic E-state index is 0.0351. The van der Waals surface area contributed by atoms with Gasteiger partial charge in [-0.3, -0.25) is 4.79 Å². The van der Waals surface area contributed by atoms with Crippen LogP contribution in [0.3, 0.4) is 0 Å². The number of ether oxygens (including phenoxy) is 1. The molecule has 0 radical (unpaired) electrons. The number of aromatic hydroxyl groups is 1. The molecular formula is C16H13BrO4. The van der Waals surface area contributed by atoms with E-state index in [4.69, 9.17) is 4.74 Å². The zero-order chi connectivity index (χ0) is 15.4. The number of para-hydroxylation sites is 1. The Morgan fingerprint density at radius 1 is 1.10 bits per heavy atom. The number of carbonyl (C=O) groups is 2. The second-order valence-electron chi connectivity index (χ2n) is 4.44. The highest BCUT2D eigenvalue weighted by Gasteiger charge is 2.21. The third-order valence-electron chi connectivity index (χ3n) is 2.91. The molecule has 108 valence electrons. The summed E-state index contributed by atoms with van der Waals surface area (Å²) in [5.41, 5.74) is 0.490. The van der Waals surface area contributed by atoms with Gasteiger partial charge in [-0.2, -0.15) is 0 Å². The van der Waals surface area contributed by atoms with Crippen LogP contribution in [0.1, 0.15) is 27.6 Å². The standard InChI is InChI=1S/C16H13BrO4/c1-10(15(19)11-6-8-12(17)9-7-11)21-16(20)13-4-2-3-5-14(13)18/h2-10,18H,1H3/t10-/m1/s1. The molecule has 2 aromatic rings. The number of benzene rings is 2. The number of hydrogen-bond donors (Lipinski definition) is 1. The first-order valence-electron chi connectivity index (χ1n) is 6.28. The van der Waals surface area contributed by atoms with E-state index in [0.29, 0.717) is 5.56 Å². The maximum atomic E-state index is 12.2. The number of ketones is 1. The SMILES string of the molecule is C[C@@H](OC(=O)c1ccccc1O)C(=O)c1ccc(Br)cc1. The topological polar surface area (TPSA) is 63.6 Å². The lowest BCUT2D eigenvalue weighted by atomic mass is 10.1. The summed E-state index contributed by atoms with van der Waals surface area (Å²) in [6, 6.07) is 12.8. The van der Waals surface area contributed by atoms with Gasteiger partial charge in [-0.15, -0.1) is 0 Å². The third-order valence-corrected chi connectivity index (χ3v) is 3.43. The van der Waals surface area contributed by atoms with Crippen molar-refractivity contribution in [2.45, 2.75) is 13.0 Å². The Balaban J connectivity index is 2.09. The highest BCUT2D eigenvalue weighted by molar-refractivity contribution is 9.10. The minimum atomic E-state index is -0.932. The summed E-state index contributed by atoms with van der Waals surface area (Å²) in [7, 11) is 0. The van der Waals surface area contributed by atoms with Crippen LogP contribution in [0.5, 0.6) is 5.75 Å². The fraction of sp³-hybridized carbons (Fsp3) is 0.125. The van der Waals surface area contributed by atoms with Crippen molar-refractivity contribution in [3.05, 3.63) is 64.1 Å². The zero-order valence-electron chi connectivity index (χ0n) is 11.2. The van der Waals surface area contributed by atoms with E-state index in [1.807, 2.05) is 0 Å². The summed E-state index contributed by atoms with van der Waals surface area (Å²) >= 11 is 3.29. The lowest BCUT2D eigenvalue weighted by Crippen LogP contribution is -2.24. The normalized spacial score (nSPS) is 11.7. The second-order valence-corrected chi connectivity index (χ2v) is 5.35. The van der Waals surface area contributed by atoms with Crippen molar-refractivity contribution in [3.8, 4) is 5.75 Å². The predicted molar refractivity (Wildman–Crippen MR) is 81.5 cm³/mol. The van der Waals surface area contributed by atoms with Crippen molar-refractivity contribution >= 4 is 27.7 Å². The number of phenols is 1. The molecule has 0 aliphatic rings. The molecule has 0 aliphatic heterocycles. The molecule has 1 atom stereocenters. The quantitative estimate of drug-likeness (QED) is 0.677. The van der Waals surface area contributed by atoms with Gasteiger partial charge in [0.2, 0.25) is 5.78 Å². The van der Waals surface area contributed by atoms with Crippen molar-refractivity contribution in [1.82, 2.24) is 0 Å². The number of carbonyl (C=O) groups excluding carboxylic acids is 2. The molecule has 0 bridgehead atoms. The number of rotatable bonds is 4. The molecule has 0 unspecified atom stereocenters. The molecule has 2 aromatic carbocycles. The van der Waals surface area contributed by atoms with Crippen molar-refractivity contribution in [1.29, 1.82) is 0 Å². The van der Waals surface area contributed by atoms with Crippen LogP contribution in [0.15, 0.2) is 53.0 Å². The molecule has 1 N–H and O–H groups in total. The van der Waals surface area contributed by atoms with Gasteiger partial charge < -0.3 is 9.84 Å². The molecule has 0 aromatic heterocycles. The highest BCUT2D eigenvalue weighted by atomic mass is 79.9. The van der Waals surface area contributed by atoms with Gasteiger partial charge in [0.25, 0.3) is 0 Å². The molecule has 2 rings (SSSR count). The van der Waals surface area contributed by atoms with Crippen LogP contribution in [0.2, 0.25) is 0 Å². The third kappa shape index (κ3) is 3.70. The van der Waals surface area contributed by atoms with Crippen molar-refractivity contribution < 1.29 is 19.4 Å². The maximum Gasteiger partial charge on any atom is 0.342 e. The van der Waals surface area contributed by atoms with Crippen LogP contribution in [0.25, 0.3) is 0 Å². The molecule has 0 saturated heterocycles. The van der Waals surface area contributed by atoms with E-state index < -0.39 is 12.1 Å². The summed E-state index contributed by atoms with van der Waals surface area (Å²) in [5.74, 6) is -1.21. The van der Waals surface area contributed by atoms with E-state index in [2.05, 4.69) is 15.9 Å². The Labute approximate surface area is 130 Å².